The molecule has 2 unspecified atom stereocenters. The molecule has 0 radical (unpaired) electrons. The molecule has 1 N–H and O–H groups in total. The first-order valence-electron chi connectivity index (χ1n) is 7.28. The summed E-state index contributed by atoms with van der Waals surface area (Å²) in [7, 11) is 0. The summed E-state index contributed by atoms with van der Waals surface area (Å²) in [6.07, 6.45) is 8.35. The number of hydrogen-bond acceptors (Lipinski definition) is 2. The molecule has 0 aromatic carbocycles. The molecule has 2 heteroatoms. The van der Waals surface area contributed by atoms with E-state index in [4.69, 9.17) is 0 Å². The molecular weight excluding hydrogens is 196 g/mol. The van der Waals surface area contributed by atoms with Gasteiger partial charge in [0.1, 0.15) is 0 Å². The van der Waals surface area contributed by atoms with E-state index in [0.717, 1.165) is 18.0 Å². The molecule has 16 heavy (non-hydrogen) atoms. The molecule has 94 valence electrons. The molecule has 1 aliphatic carbocycles. The Bertz CT molecular complexity index is 197. The highest BCUT2D eigenvalue weighted by Crippen LogP contribution is 2.28. The van der Waals surface area contributed by atoms with Crippen LogP contribution in [0.15, 0.2) is 0 Å². The third-order valence-corrected chi connectivity index (χ3v) is 4.42. The van der Waals surface area contributed by atoms with Crippen molar-refractivity contribution < 1.29 is 0 Å². The Morgan fingerprint density at radius 1 is 1.12 bits per heavy atom. The second-order valence-corrected chi connectivity index (χ2v) is 5.78. The molecule has 2 aliphatic rings. The molecule has 0 bridgehead atoms. The maximum absolute atomic E-state index is 3.75. The van der Waals surface area contributed by atoms with Gasteiger partial charge in [-0.05, 0) is 57.7 Å². The standard InChI is InChI=1S/C14H28N2/c1-3-9-15-13-5-4-6-14(13)16-10-7-12(2)8-11-16/h12-15H,3-11H2,1-2H3. The molecule has 1 aliphatic heterocycles. The van der Waals surface area contributed by atoms with Gasteiger partial charge in [0.2, 0.25) is 0 Å². The zero-order valence-corrected chi connectivity index (χ0v) is 11.0. The van der Waals surface area contributed by atoms with Crippen molar-refractivity contribution in [3.8, 4) is 0 Å². The van der Waals surface area contributed by atoms with Gasteiger partial charge in [0.25, 0.3) is 0 Å². The van der Waals surface area contributed by atoms with Gasteiger partial charge in [-0.1, -0.05) is 20.3 Å². The minimum atomic E-state index is 0.786. The first-order chi connectivity index (χ1) is 7.81. The van der Waals surface area contributed by atoms with Gasteiger partial charge in [-0.2, -0.15) is 0 Å². The summed E-state index contributed by atoms with van der Waals surface area (Å²) in [6, 6.07) is 1.63. The first kappa shape index (κ1) is 12.4. The molecule has 2 rings (SSSR count). The molecule has 2 atom stereocenters. The average Bonchev–Trinajstić information content (AvgIpc) is 2.75. The van der Waals surface area contributed by atoms with E-state index in [1.807, 2.05) is 0 Å². The number of rotatable bonds is 4. The highest BCUT2D eigenvalue weighted by atomic mass is 15.2. The summed E-state index contributed by atoms with van der Waals surface area (Å²) in [4.78, 5) is 2.76. The van der Waals surface area contributed by atoms with Gasteiger partial charge < -0.3 is 5.32 Å². The highest BCUT2D eigenvalue weighted by molar-refractivity contribution is 4.91. The topological polar surface area (TPSA) is 15.3 Å². The molecule has 0 aromatic heterocycles. The maximum atomic E-state index is 3.75. The lowest BCUT2D eigenvalue weighted by Gasteiger charge is -2.38. The summed E-state index contributed by atoms with van der Waals surface area (Å²) in [6.45, 7) is 8.55. The van der Waals surface area contributed by atoms with Crippen LogP contribution in [0, 0.1) is 5.92 Å². The average molecular weight is 224 g/mol. The lowest BCUT2D eigenvalue weighted by atomic mass is 9.97. The third kappa shape index (κ3) is 2.98. The maximum Gasteiger partial charge on any atom is 0.0249 e. The molecule has 1 heterocycles. The number of piperidine rings is 1. The Balaban J connectivity index is 1.82. The Morgan fingerprint density at radius 2 is 1.88 bits per heavy atom. The van der Waals surface area contributed by atoms with Crippen LogP contribution < -0.4 is 5.32 Å². The van der Waals surface area contributed by atoms with Crippen LogP contribution in [0.2, 0.25) is 0 Å². The van der Waals surface area contributed by atoms with Crippen LogP contribution in [0.1, 0.15) is 52.4 Å². The van der Waals surface area contributed by atoms with E-state index in [2.05, 4.69) is 24.1 Å². The Hall–Kier alpha value is -0.0800. The van der Waals surface area contributed by atoms with Crippen LogP contribution in [-0.2, 0) is 0 Å². The monoisotopic (exact) mass is 224 g/mol. The summed E-state index contributed by atoms with van der Waals surface area (Å²) in [5.74, 6) is 0.958. The Labute approximate surface area is 101 Å². The fourth-order valence-corrected chi connectivity index (χ4v) is 3.31. The fraction of sp³-hybridized carbons (Fsp3) is 1.00. The predicted octanol–water partition coefficient (Wildman–Crippen LogP) is 2.64. The predicted molar refractivity (Wildman–Crippen MR) is 69.7 cm³/mol. The van der Waals surface area contributed by atoms with E-state index in [1.165, 1.54) is 58.2 Å². The van der Waals surface area contributed by atoms with Crippen LogP contribution in [-0.4, -0.2) is 36.6 Å². The van der Waals surface area contributed by atoms with Gasteiger partial charge in [-0.3, -0.25) is 4.90 Å². The van der Waals surface area contributed by atoms with Crippen molar-refractivity contribution in [3.63, 3.8) is 0 Å². The normalized spacial score (nSPS) is 33.4. The summed E-state index contributed by atoms with van der Waals surface area (Å²) in [5, 5.41) is 3.75. The molecule has 0 aromatic rings. The van der Waals surface area contributed by atoms with Crippen LogP contribution in [0.5, 0.6) is 0 Å². The molecular formula is C14H28N2. The van der Waals surface area contributed by atoms with Crippen LogP contribution >= 0.6 is 0 Å². The SMILES string of the molecule is CCCNC1CCCC1N1CCC(C)CC1. The molecule has 2 nitrogen and oxygen atoms in total. The zero-order valence-electron chi connectivity index (χ0n) is 11.0. The van der Waals surface area contributed by atoms with E-state index in [1.54, 1.807) is 0 Å². The van der Waals surface area contributed by atoms with Crippen LogP contribution in [0.25, 0.3) is 0 Å². The lowest BCUT2D eigenvalue weighted by molar-refractivity contribution is 0.122. The van der Waals surface area contributed by atoms with Gasteiger partial charge in [0.05, 0.1) is 0 Å². The second kappa shape index (κ2) is 6.02. The number of hydrogen-bond donors (Lipinski definition) is 1. The molecule has 0 amide bonds. The van der Waals surface area contributed by atoms with Crippen molar-refractivity contribution in [2.45, 2.75) is 64.5 Å². The minimum Gasteiger partial charge on any atom is -0.312 e. The van der Waals surface area contributed by atoms with Crippen LogP contribution in [0.3, 0.4) is 0 Å². The highest BCUT2D eigenvalue weighted by Gasteiger charge is 2.32. The quantitative estimate of drug-likeness (QED) is 0.790. The molecule has 1 saturated heterocycles. The smallest absolute Gasteiger partial charge is 0.0249 e. The van der Waals surface area contributed by atoms with E-state index >= 15 is 0 Å². The van der Waals surface area contributed by atoms with Crippen molar-refractivity contribution >= 4 is 0 Å². The van der Waals surface area contributed by atoms with Crippen molar-refractivity contribution in [2.75, 3.05) is 19.6 Å². The van der Waals surface area contributed by atoms with E-state index in [-0.39, 0.29) is 0 Å². The number of nitrogens with one attached hydrogen (secondary N) is 1. The molecule has 2 fully saturated rings. The van der Waals surface area contributed by atoms with Crippen LogP contribution in [0.4, 0.5) is 0 Å². The molecule has 0 spiro atoms. The second-order valence-electron chi connectivity index (χ2n) is 5.78. The molecule has 1 saturated carbocycles. The van der Waals surface area contributed by atoms with Crippen molar-refractivity contribution in [2.24, 2.45) is 5.92 Å². The lowest BCUT2D eigenvalue weighted by Crippen LogP contribution is -2.49. The Kier molecular flexibility index (Phi) is 4.66. The zero-order chi connectivity index (χ0) is 11.4. The van der Waals surface area contributed by atoms with E-state index < -0.39 is 0 Å². The summed E-state index contributed by atoms with van der Waals surface area (Å²) >= 11 is 0. The van der Waals surface area contributed by atoms with Gasteiger partial charge in [0, 0.05) is 12.1 Å². The van der Waals surface area contributed by atoms with Gasteiger partial charge in [-0.25, -0.2) is 0 Å². The van der Waals surface area contributed by atoms with Gasteiger partial charge >= 0.3 is 0 Å². The summed E-state index contributed by atoms with van der Waals surface area (Å²) < 4.78 is 0. The van der Waals surface area contributed by atoms with Crippen molar-refractivity contribution in [1.82, 2.24) is 10.2 Å². The number of likely N-dealkylation sites (tertiary alicyclic amines) is 1. The van der Waals surface area contributed by atoms with Crippen molar-refractivity contribution in [1.29, 1.82) is 0 Å². The fourth-order valence-electron chi connectivity index (χ4n) is 3.31. The minimum absolute atomic E-state index is 0.786. The van der Waals surface area contributed by atoms with Crippen molar-refractivity contribution in [3.05, 3.63) is 0 Å². The number of nitrogens with zero attached hydrogens (tertiary/aromatic N) is 1. The Morgan fingerprint density at radius 3 is 2.56 bits per heavy atom. The van der Waals surface area contributed by atoms with Gasteiger partial charge in [0.15, 0.2) is 0 Å². The van der Waals surface area contributed by atoms with E-state index in [0.29, 0.717) is 0 Å². The summed E-state index contributed by atoms with van der Waals surface area (Å²) in [5.41, 5.74) is 0. The van der Waals surface area contributed by atoms with E-state index in [9.17, 15) is 0 Å². The first-order valence-corrected chi connectivity index (χ1v) is 7.28. The largest absolute Gasteiger partial charge is 0.312 e. The third-order valence-electron chi connectivity index (χ3n) is 4.42. The van der Waals surface area contributed by atoms with Gasteiger partial charge in [-0.15, -0.1) is 0 Å².